The van der Waals surface area contributed by atoms with E-state index in [1.165, 1.54) is 6.39 Å². The summed E-state index contributed by atoms with van der Waals surface area (Å²) in [6, 6.07) is 14.1. The summed E-state index contributed by atoms with van der Waals surface area (Å²) < 4.78 is 10.3. The highest BCUT2D eigenvalue weighted by Gasteiger charge is 2.12. The van der Waals surface area contributed by atoms with E-state index in [9.17, 15) is 4.79 Å². The molecule has 0 atom stereocenters. The molecule has 0 amide bonds. The van der Waals surface area contributed by atoms with Crippen LogP contribution in [0.2, 0.25) is 5.02 Å². The van der Waals surface area contributed by atoms with Gasteiger partial charge in [0.05, 0.1) is 17.0 Å². The van der Waals surface area contributed by atoms with Gasteiger partial charge in [-0.1, -0.05) is 35.9 Å². The number of aromatic nitrogens is 2. The van der Waals surface area contributed by atoms with E-state index in [0.717, 1.165) is 5.56 Å². The van der Waals surface area contributed by atoms with E-state index >= 15 is 0 Å². The molecule has 0 saturated heterocycles. The zero-order valence-electron chi connectivity index (χ0n) is 11.4. The monoisotopic (exact) mass is 314 g/mol. The smallest absolute Gasteiger partial charge is 0.315 e. The molecule has 2 aromatic carbocycles. The standard InChI is InChI=1S/C16H11ClN2O3/c17-14-8-11(6-7-13(14)16-19-18-10-21-16)9-15(20)22-12-4-2-1-3-5-12/h1-8,10H,9H2. The van der Waals surface area contributed by atoms with Crippen LogP contribution in [0, 0.1) is 0 Å². The second kappa shape index (κ2) is 6.41. The lowest BCUT2D eigenvalue weighted by Crippen LogP contribution is -2.11. The van der Waals surface area contributed by atoms with Crippen LogP contribution in [0.5, 0.6) is 5.75 Å². The fourth-order valence-electron chi connectivity index (χ4n) is 1.96. The first-order valence-corrected chi connectivity index (χ1v) is 6.91. The molecule has 0 aliphatic rings. The molecule has 5 nitrogen and oxygen atoms in total. The van der Waals surface area contributed by atoms with Crippen LogP contribution in [0.3, 0.4) is 0 Å². The van der Waals surface area contributed by atoms with Gasteiger partial charge in [0, 0.05) is 0 Å². The van der Waals surface area contributed by atoms with E-state index in [4.69, 9.17) is 20.8 Å². The van der Waals surface area contributed by atoms with Crippen LogP contribution in [0.4, 0.5) is 0 Å². The van der Waals surface area contributed by atoms with E-state index in [1.807, 2.05) is 6.07 Å². The Balaban J connectivity index is 1.71. The highest BCUT2D eigenvalue weighted by Crippen LogP contribution is 2.27. The number of hydrogen-bond acceptors (Lipinski definition) is 5. The number of para-hydroxylation sites is 1. The van der Waals surface area contributed by atoms with Crippen LogP contribution in [-0.4, -0.2) is 16.2 Å². The molecular weight excluding hydrogens is 304 g/mol. The number of hydrogen-bond donors (Lipinski definition) is 0. The van der Waals surface area contributed by atoms with Crippen molar-refractivity contribution < 1.29 is 13.9 Å². The third kappa shape index (κ3) is 3.32. The molecule has 0 bridgehead atoms. The summed E-state index contributed by atoms with van der Waals surface area (Å²) in [5.41, 5.74) is 1.37. The highest BCUT2D eigenvalue weighted by molar-refractivity contribution is 6.33. The van der Waals surface area contributed by atoms with Crippen molar-refractivity contribution >= 4 is 17.6 Å². The number of esters is 1. The second-order valence-corrected chi connectivity index (χ2v) is 4.93. The van der Waals surface area contributed by atoms with Gasteiger partial charge in [0.2, 0.25) is 12.3 Å². The van der Waals surface area contributed by atoms with Crippen LogP contribution in [0.15, 0.2) is 59.3 Å². The molecular formula is C16H11ClN2O3. The van der Waals surface area contributed by atoms with Crippen LogP contribution in [-0.2, 0) is 11.2 Å². The van der Waals surface area contributed by atoms with Crippen LogP contribution in [0.25, 0.3) is 11.5 Å². The lowest BCUT2D eigenvalue weighted by atomic mass is 10.1. The zero-order chi connectivity index (χ0) is 15.4. The van der Waals surface area contributed by atoms with Crippen molar-refractivity contribution in [2.24, 2.45) is 0 Å². The molecule has 0 aliphatic carbocycles. The van der Waals surface area contributed by atoms with E-state index in [2.05, 4.69) is 10.2 Å². The molecule has 0 radical (unpaired) electrons. The van der Waals surface area contributed by atoms with Crippen LogP contribution < -0.4 is 4.74 Å². The maximum absolute atomic E-state index is 11.9. The Hall–Kier alpha value is -2.66. The van der Waals surface area contributed by atoms with E-state index in [-0.39, 0.29) is 12.4 Å². The van der Waals surface area contributed by atoms with Crippen molar-refractivity contribution in [2.45, 2.75) is 6.42 Å². The van der Waals surface area contributed by atoms with Crippen molar-refractivity contribution in [1.29, 1.82) is 0 Å². The van der Waals surface area contributed by atoms with Crippen molar-refractivity contribution in [3.63, 3.8) is 0 Å². The Morgan fingerprint density at radius 2 is 2.00 bits per heavy atom. The maximum Gasteiger partial charge on any atom is 0.315 e. The first kappa shape index (κ1) is 14.3. The zero-order valence-corrected chi connectivity index (χ0v) is 12.2. The van der Waals surface area contributed by atoms with Gasteiger partial charge in [-0.15, -0.1) is 10.2 Å². The fraction of sp³-hybridized carbons (Fsp3) is 0.0625. The maximum atomic E-state index is 11.9. The molecule has 0 saturated carbocycles. The molecule has 22 heavy (non-hydrogen) atoms. The summed E-state index contributed by atoms with van der Waals surface area (Å²) in [5, 5.41) is 7.85. The van der Waals surface area contributed by atoms with Crippen LogP contribution in [0.1, 0.15) is 5.56 Å². The Morgan fingerprint density at radius 3 is 2.68 bits per heavy atom. The molecule has 0 N–H and O–H groups in total. The number of rotatable bonds is 4. The molecule has 0 fully saturated rings. The fourth-order valence-corrected chi connectivity index (χ4v) is 2.24. The Morgan fingerprint density at radius 1 is 1.18 bits per heavy atom. The topological polar surface area (TPSA) is 65.2 Å². The summed E-state index contributed by atoms with van der Waals surface area (Å²) in [7, 11) is 0. The SMILES string of the molecule is O=C(Cc1ccc(-c2nnco2)c(Cl)c1)Oc1ccccc1. The second-order valence-electron chi connectivity index (χ2n) is 4.52. The van der Waals surface area contributed by atoms with Gasteiger partial charge in [0.25, 0.3) is 0 Å². The summed E-state index contributed by atoms with van der Waals surface area (Å²) in [4.78, 5) is 11.9. The predicted molar refractivity (Wildman–Crippen MR) is 80.5 cm³/mol. The number of carbonyl (C=O) groups excluding carboxylic acids is 1. The van der Waals surface area contributed by atoms with Gasteiger partial charge >= 0.3 is 5.97 Å². The Bertz CT molecular complexity index is 773. The summed E-state index contributed by atoms with van der Waals surface area (Å²) in [5.74, 6) is 0.497. The summed E-state index contributed by atoms with van der Waals surface area (Å²) in [6.45, 7) is 0. The minimum atomic E-state index is -0.354. The van der Waals surface area contributed by atoms with Crippen molar-refractivity contribution in [3.05, 3.63) is 65.5 Å². The normalized spacial score (nSPS) is 10.4. The number of ether oxygens (including phenoxy) is 1. The van der Waals surface area contributed by atoms with Crippen molar-refractivity contribution in [2.75, 3.05) is 0 Å². The number of carbonyl (C=O) groups is 1. The molecule has 3 rings (SSSR count). The molecule has 3 aromatic rings. The van der Waals surface area contributed by atoms with Gasteiger partial charge in [-0.3, -0.25) is 4.79 Å². The van der Waals surface area contributed by atoms with E-state index in [1.54, 1.807) is 42.5 Å². The number of benzene rings is 2. The quantitative estimate of drug-likeness (QED) is 0.544. The largest absolute Gasteiger partial charge is 0.426 e. The molecule has 0 unspecified atom stereocenters. The highest BCUT2D eigenvalue weighted by atomic mass is 35.5. The first-order valence-electron chi connectivity index (χ1n) is 6.53. The molecule has 6 heteroatoms. The van der Waals surface area contributed by atoms with Gasteiger partial charge in [-0.25, -0.2) is 0 Å². The Labute approximate surface area is 131 Å². The average molecular weight is 315 g/mol. The van der Waals surface area contributed by atoms with Gasteiger partial charge < -0.3 is 9.15 Å². The molecule has 1 aromatic heterocycles. The average Bonchev–Trinajstić information content (AvgIpc) is 3.02. The van der Waals surface area contributed by atoms with E-state index < -0.39 is 0 Å². The molecule has 0 aliphatic heterocycles. The summed E-state index contributed by atoms with van der Waals surface area (Å²) >= 11 is 6.18. The lowest BCUT2D eigenvalue weighted by Gasteiger charge is -2.06. The molecule has 0 spiro atoms. The third-order valence-electron chi connectivity index (χ3n) is 2.95. The minimum absolute atomic E-state index is 0.124. The van der Waals surface area contributed by atoms with Gasteiger partial charge in [0.15, 0.2) is 0 Å². The van der Waals surface area contributed by atoms with E-state index in [0.29, 0.717) is 22.2 Å². The third-order valence-corrected chi connectivity index (χ3v) is 3.26. The summed E-state index contributed by atoms with van der Waals surface area (Å²) in [6.07, 6.45) is 1.36. The van der Waals surface area contributed by atoms with Gasteiger partial charge in [-0.05, 0) is 29.8 Å². The molecule has 1 heterocycles. The first-order chi connectivity index (χ1) is 10.7. The van der Waals surface area contributed by atoms with Gasteiger partial charge in [0.1, 0.15) is 5.75 Å². The van der Waals surface area contributed by atoms with Crippen molar-refractivity contribution in [1.82, 2.24) is 10.2 Å². The van der Waals surface area contributed by atoms with Gasteiger partial charge in [-0.2, -0.15) is 0 Å². The minimum Gasteiger partial charge on any atom is -0.426 e. The van der Waals surface area contributed by atoms with Crippen LogP contribution >= 0.6 is 11.6 Å². The Kier molecular flexibility index (Phi) is 4.16. The number of halogens is 1. The predicted octanol–water partition coefficient (Wildman–Crippen LogP) is 3.54. The lowest BCUT2D eigenvalue weighted by molar-refractivity contribution is -0.133. The van der Waals surface area contributed by atoms with Crippen molar-refractivity contribution in [3.8, 4) is 17.2 Å². The number of nitrogens with zero attached hydrogens (tertiary/aromatic N) is 2. The molecule has 110 valence electrons.